The number of hydrogen-bond acceptors (Lipinski definition) is 4. The van der Waals surface area contributed by atoms with Crippen LogP contribution >= 0.6 is 0 Å². The van der Waals surface area contributed by atoms with Gasteiger partial charge in [-0.1, -0.05) is 24.3 Å². The molecule has 1 aliphatic rings. The summed E-state index contributed by atoms with van der Waals surface area (Å²) in [7, 11) is 0. The Kier molecular flexibility index (Phi) is 5.93. The smallest absolute Gasteiger partial charge is 0.338 e. The molecule has 0 aliphatic carbocycles. The molecule has 1 saturated heterocycles. The van der Waals surface area contributed by atoms with Crippen LogP contribution in [0.3, 0.4) is 0 Å². The Labute approximate surface area is 165 Å². The molecule has 1 amide bonds. The van der Waals surface area contributed by atoms with E-state index < -0.39 is 12.1 Å². The number of Topliss-reactive ketones (excluding diaryl/α,β-unsaturated/α-hetero) is 1. The van der Waals surface area contributed by atoms with Crippen molar-refractivity contribution in [3.8, 4) is 0 Å². The zero-order valence-electron chi connectivity index (χ0n) is 16.5. The van der Waals surface area contributed by atoms with E-state index in [1.807, 2.05) is 43.0 Å². The number of rotatable bonds is 6. The van der Waals surface area contributed by atoms with E-state index in [9.17, 15) is 14.4 Å². The van der Waals surface area contributed by atoms with Crippen LogP contribution in [0.2, 0.25) is 0 Å². The van der Waals surface area contributed by atoms with Gasteiger partial charge in [0, 0.05) is 25.1 Å². The average molecular weight is 379 g/mol. The molecule has 1 atom stereocenters. The summed E-state index contributed by atoms with van der Waals surface area (Å²) in [6.45, 7) is 6.84. The maximum Gasteiger partial charge on any atom is 0.338 e. The zero-order chi connectivity index (χ0) is 20.3. The number of benzene rings is 2. The largest absolute Gasteiger partial charge is 0.451 e. The summed E-state index contributed by atoms with van der Waals surface area (Å²) in [5, 5.41) is 0. The Morgan fingerprint density at radius 1 is 1.04 bits per heavy atom. The highest BCUT2D eigenvalue weighted by molar-refractivity contribution is 6.01. The third kappa shape index (κ3) is 4.47. The number of nitrogens with zero attached hydrogens (tertiary/aromatic N) is 1. The van der Waals surface area contributed by atoms with Crippen molar-refractivity contribution in [1.82, 2.24) is 4.90 Å². The van der Waals surface area contributed by atoms with E-state index in [1.54, 1.807) is 25.1 Å². The molecule has 28 heavy (non-hydrogen) atoms. The molecular formula is C23H25NO4. The van der Waals surface area contributed by atoms with Crippen LogP contribution in [0.1, 0.15) is 57.2 Å². The highest BCUT2D eigenvalue weighted by Crippen LogP contribution is 2.17. The van der Waals surface area contributed by atoms with Crippen LogP contribution in [0, 0.1) is 13.8 Å². The Morgan fingerprint density at radius 3 is 2.32 bits per heavy atom. The van der Waals surface area contributed by atoms with Gasteiger partial charge in [-0.2, -0.15) is 0 Å². The molecule has 1 fully saturated rings. The molecule has 2 aromatic carbocycles. The molecule has 0 N–H and O–H groups in total. The van der Waals surface area contributed by atoms with Crippen molar-refractivity contribution in [2.45, 2.75) is 46.3 Å². The minimum absolute atomic E-state index is 0.169. The number of aryl methyl sites for hydroxylation is 2. The molecule has 0 spiro atoms. The molecule has 0 radical (unpaired) electrons. The molecule has 2 aromatic rings. The van der Waals surface area contributed by atoms with Gasteiger partial charge in [0.1, 0.15) is 0 Å². The molecule has 5 nitrogen and oxygen atoms in total. The number of ether oxygens (including phenoxy) is 1. The summed E-state index contributed by atoms with van der Waals surface area (Å²) in [5.41, 5.74) is 4.02. The second kappa shape index (κ2) is 8.38. The number of hydrogen-bond donors (Lipinski definition) is 0. The fraction of sp³-hybridized carbons (Fsp3) is 0.348. The first-order valence-electron chi connectivity index (χ1n) is 9.54. The first-order valence-corrected chi connectivity index (χ1v) is 9.54. The minimum atomic E-state index is -0.864. The van der Waals surface area contributed by atoms with Gasteiger partial charge in [0.15, 0.2) is 6.10 Å². The van der Waals surface area contributed by atoms with Gasteiger partial charge in [-0.25, -0.2) is 4.79 Å². The second-order valence-electron chi connectivity index (χ2n) is 7.33. The van der Waals surface area contributed by atoms with E-state index in [-0.39, 0.29) is 11.7 Å². The van der Waals surface area contributed by atoms with Crippen LogP contribution in [0.25, 0.3) is 0 Å². The summed E-state index contributed by atoms with van der Waals surface area (Å²) in [6.07, 6.45) is 0.642. The van der Waals surface area contributed by atoms with Crippen molar-refractivity contribution < 1.29 is 19.1 Å². The number of likely N-dealkylation sites (tertiary alicyclic amines) is 1. The van der Waals surface area contributed by atoms with Crippen molar-refractivity contribution in [2.24, 2.45) is 0 Å². The number of ketones is 1. The van der Waals surface area contributed by atoms with E-state index in [2.05, 4.69) is 0 Å². The molecular weight excluding hydrogens is 354 g/mol. The van der Waals surface area contributed by atoms with Gasteiger partial charge in [-0.3, -0.25) is 9.59 Å². The third-order valence-corrected chi connectivity index (χ3v) is 5.18. The number of carbonyl (C=O) groups is 3. The molecule has 1 aliphatic heterocycles. The lowest BCUT2D eigenvalue weighted by Gasteiger charge is -2.16. The Balaban J connectivity index is 1.61. The van der Waals surface area contributed by atoms with Crippen LogP contribution in [-0.4, -0.2) is 35.2 Å². The van der Waals surface area contributed by atoms with E-state index >= 15 is 0 Å². The second-order valence-corrected chi connectivity index (χ2v) is 7.33. The topological polar surface area (TPSA) is 63.7 Å². The fourth-order valence-electron chi connectivity index (χ4n) is 3.25. The number of carbonyl (C=O) groups excluding carboxylic acids is 3. The molecule has 3 rings (SSSR count). The van der Waals surface area contributed by atoms with Gasteiger partial charge in [0.25, 0.3) is 0 Å². The van der Waals surface area contributed by atoms with Gasteiger partial charge >= 0.3 is 5.97 Å². The average Bonchev–Trinajstić information content (AvgIpc) is 3.08. The summed E-state index contributed by atoms with van der Waals surface area (Å²) in [4.78, 5) is 38.5. The molecule has 0 bridgehead atoms. The Hall–Kier alpha value is -2.95. The van der Waals surface area contributed by atoms with Gasteiger partial charge in [-0.05, 0) is 62.1 Å². The van der Waals surface area contributed by atoms with Crippen molar-refractivity contribution in [3.63, 3.8) is 0 Å². The van der Waals surface area contributed by atoms with E-state index in [1.165, 1.54) is 0 Å². The molecule has 0 aromatic heterocycles. The van der Waals surface area contributed by atoms with Gasteiger partial charge < -0.3 is 9.64 Å². The van der Waals surface area contributed by atoms with Gasteiger partial charge in [0.2, 0.25) is 11.7 Å². The fourth-order valence-corrected chi connectivity index (χ4v) is 3.25. The van der Waals surface area contributed by atoms with Gasteiger partial charge in [-0.15, -0.1) is 0 Å². The maximum absolute atomic E-state index is 12.5. The summed E-state index contributed by atoms with van der Waals surface area (Å²) in [5.74, 6) is -0.587. The predicted octanol–water partition coefficient (Wildman–Crippen LogP) is 3.85. The lowest BCUT2D eigenvalue weighted by molar-refractivity contribution is -0.128. The van der Waals surface area contributed by atoms with E-state index in [0.717, 1.165) is 29.7 Å². The summed E-state index contributed by atoms with van der Waals surface area (Å²) in [6, 6.07) is 12.4. The molecule has 5 heteroatoms. The third-order valence-electron chi connectivity index (χ3n) is 5.18. The first kappa shape index (κ1) is 19.8. The number of esters is 1. The summed E-state index contributed by atoms with van der Waals surface area (Å²) >= 11 is 0. The molecule has 1 heterocycles. The predicted molar refractivity (Wildman–Crippen MR) is 106 cm³/mol. The Bertz CT molecular complexity index is 901. The standard InChI is InChI=1S/C23H25NO4/c1-15-6-9-20(13-16(15)2)22(26)17(3)28-23(27)19-10-7-18(8-11-19)14-24-12-4-5-21(24)25/h6-11,13,17H,4-5,12,14H2,1-3H3/t17-/m1/s1. The van der Waals surface area contributed by atoms with Crippen molar-refractivity contribution in [3.05, 3.63) is 70.3 Å². The first-order chi connectivity index (χ1) is 13.3. The molecule has 0 saturated carbocycles. The maximum atomic E-state index is 12.5. The van der Waals surface area contributed by atoms with Gasteiger partial charge in [0.05, 0.1) is 5.56 Å². The van der Waals surface area contributed by atoms with E-state index in [4.69, 9.17) is 4.74 Å². The van der Waals surface area contributed by atoms with E-state index in [0.29, 0.717) is 24.1 Å². The highest BCUT2D eigenvalue weighted by Gasteiger charge is 2.22. The lowest BCUT2D eigenvalue weighted by Crippen LogP contribution is -2.25. The highest BCUT2D eigenvalue weighted by atomic mass is 16.5. The van der Waals surface area contributed by atoms with Crippen LogP contribution in [0.4, 0.5) is 0 Å². The quantitative estimate of drug-likeness (QED) is 0.565. The molecule has 146 valence electrons. The monoisotopic (exact) mass is 379 g/mol. The van der Waals surface area contributed by atoms with Crippen LogP contribution in [0.15, 0.2) is 42.5 Å². The SMILES string of the molecule is Cc1ccc(C(=O)[C@@H](C)OC(=O)c2ccc(CN3CCCC3=O)cc2)cc1C. The lowest BCUT2D eigenvalue weighted by atomic mass is 10.0. The van der Waals surface area contributed by atoms with Crippen LogP contribution < -0.4 is 0 Å². The van der Waals surface area contributed by atoms with Crippen molar-refractivity contribution in [1.29, 1.82) is 0 Å². The molecule has 0 unspecified atom stereocenters. The zero-order valence-corrected chi connectivity index (χ0v) is 16.5. The normalized spacial score (nSPS) is 14.8. The summed E-state index contributed by atoms with van der Waals surface area (Å²) < 4.78 is 5.36. The van der Waals surface area contributed by atoms with Crippen molar-refractivity contribution in [2.75, 3.05) is 6.54 Å². The Morgan fingerprint density at radius 2 is 1.71 bits per heavy atom. The van der Waals surface area contributed by atoms with Crippen LogP contribution in [0.5, 0.6) is 0 Å². The number of amides is 1. The van der Waals surface area contributed by atoms with Crippen LogP contribution in [-0.2, 0) is 16.1 Å². The van der Waals surface area contributed by atoms with Crippen molar-refractivity contribution >= 4 is 17.7 Å². The minimum Gasteiger partial charge on any atom is -0.451 e.